The van der Waals surface area contributed by atoms with Crippen molar-refractivity contribution in [3.05, 3.63) is 35.9 Å². The summed E-state index contributed by atoms with van der Waals surface area (Å²) in [7, 11) is -3.64. The fourth-order valence-electron chi connectivity index (χ4n) is 3.37. The summed E-state index contributed by atoms with van der Waals surface area (Å²) in [6, 6.07) is 8.72. The van der Waals surface area contributed by atoms with Gasteiger partial charge in [0.25, 0.3) is 10.1 Å². The molecule has 1 aliphatic rings. The maximum absolute atomic E-state index is 12.3. The van der Waals surface area contributed by atoms with Crippen LogP contribution in [-0.2, 0) is 30.4 Å². The van der Waals surface area contributed by atoms with Crippen LogP contribution in [0.15, 0.2) is 30.3 Å². The predicted molar refractivity (Wildman–Crippen MR) is 115 cm³/mol. The van der Waals surface area contributed by atoms with Crippen molar-refractivity contribution in [2.45, 2.75) is 64.3 Å². The molecule has 1 unspecified atom stereocenters. The Labute approximate surface area is 183 Å². The van der Waals surface area contributed by atoms with Crippen molar-refractivity contribution < 1.29 is 31.7 Å². The molecule has 0 heterocycles. The second-order valence-electron chi connectivity index (χ2n) is 8.72. The van der Waals surface area contributed by atoms with Crippen LogP contribution in [0.3, 0.4) is 0 Å². The summed E-state index contributed by atoms with van der Waals surface area (Å²) in [5.74, 6) is -0.326. The number of nitrogens with one attached hydrogen (secondary N) is 2. The Kier molecular flexibility index (Phi) is 8.69. The first kappa shape index (κ1) is 24.9. The fourth-order valence-corrected chi connectivity index (χ4v) is 3.79. The average Bonchev–Trinajstić information content (AvgIpc) is 2.65. The Bertz CT molecular complexity index is 837. The van der Waals surface area contributed by atoms with Crippen molar-refractivity contribution in [1.29, 1.82) is 0 Å². The molecule has 174 valence electrons. The molecule has 2 N–H and O–H groups in total. The number of amides is 2. The number of benzene rings is 1. The van der Waals surface area contributed by atoms with Crippen LogP contribution in [0.5, 0.6) is 0 Å². The second kappa shape index (κ2) is 10.8. The van der Waals surface area contributed by atoms with Crippen molar-refractivity contribution in [2.24, 2.45) is 5.92 Å². The third-order valence-electron chi connectivity index (χ3n) is 4.72. The molecule has 31 heavy (non-hydrogen) atoms. The van der Waals surface area contributed by atoms with Crippen molar-refractivity contribution >= 4 is 22.3 Å². The van der Waals surface area contributed by atoms with E-state index in [9.17, 15) is 18.0 Å². The summed E-state index contributed by atoms with van der Waals surface area (Å²) < 4.78 is 38.4. The van der Waals surface area contributed by atoms with Crippen molar-refractivity contribution in [3.8, 4) is 0 Å². The number of rotatable bonds is 7. The molecular formula is C21H32N2O7S. The Balaban J connectivity index is 1.94. The first-order valence-corrected chi connectivity index (χ1v) is 12.0. The summed E-state index contributed by atoms with van der Waals surface area (Å²) in [6.07, 6.45) is 1.41. The molecule has 0 aliphatic heterocycles. The molecule has 2 rings (SSSR count). The Morgan fingerprint density at radius 3 is 2.35 bits per heavy atom. The largest absolute Gasteiger partial charge is 0.445 e. The van der Waals surface area contributed by atoms with Gasteiger partial charge in [0.15, 0.2) is 0 Å². The summed E-state index contributed by atoms with van der Waals surface area (Å²) in [6.45, 7) is 5.35. The lowest BCUT2D eigenvalue weighted by Gasteiger charge is -2.36. The zero-order valence-electron chi connectivity index (χ0n) is 18.4. The van der Waals surface area contributed by atoms with E-state index in [4.69, 9.17) is 13.7 Å². The maximum Gasteiger partial charge on any atom is 0.407 e. The predicted octanol–water partition coefficient (Wildman–Crippen LogP) is 2.95. The van der Waals surface area contributed by atoms with Gasteiger partial charge in [0.2, 0.25) is 0 Å². The highest BCUT2D eigenvalue weighted by Crippen LogP contribution is 2.26. The third kappa shape index (κ3) is 10.0. The van der Waals surface area contributed by atoms with E-state index < -0.39 is 27.9 Å². The zero-order chi connectivity index (χ0) is 23.1. The minimum atomic E-state index is -3.64. The van der Waals surface area contributed by atoms with Gasteiger partial charge >= 0.3 is 12.2 Å². The number of hydrogen-bond donors (Lipinski definition) is 2. The van der Waals surface area contributed by atoms with E-state index in [0.717, 1.165) is 11.8 Å². The summed E-state index contributed by atoms with van der Waals surface area (Å²) in [5, 5.41) is 5.62. The quantitative estimate of drug-likeness (QED) is 0.605. The second-order valence-corrected chi connectivity index (χ2v) is 10.4. The minimum absolute atomic E-state index is 0.102. The summed E-state index contributed by atoms with van der Waals surface area (Å²) >= 11 is 0. The van der Waals surface area contributed by atoms with E-state index in [0.29, 0.717) is 19.3 Å². The van der Waals surface area contributed by atoms with Crippen molar-refractivity contribution in [2.75, 3.05) is 12.9 Å². The number of ether oxygens (including phenoxy) is 2. The molecule has 2 amide bonds. The molecule has 1 saturated carbocycles. The monoisotopic (exact) mass is 456 g/mol. The number of carbonyl (C=O) groups is 2. The van der Waals surface area contributed by atoms with Gasteiger partial charge in [0.05, 0.1) is 12.9 Å². The molecular weight excluding hydrogens is 424 g/mol. The van der Waals surface area contributed by atoms with Gasteiger partial charge in [-0.2, -0.15) is 8.42 Å². The lowest BCUT2D eigenvalue weighted by Crippen LogP contribution is -2.50. The topological polar surface area (TPSA) is 120 Å². The van der Waals surface area contributed by atoms with E-state index in [2.05, 4.69) is 10.6 Å². The molecule has 1 fully saturated rings. The van der Waals surface area contributed by atoms with Crippen LogP contribution in [0.1, 0.15) is 45.6 Å². The van der Waals surface area contributed by atoms with Crippen LogP contribution in [0.25, 0.3) is 0 Å². The Hall–Kier alpha value is -2.33. The first-order chi connectivity index (χ1) is 14.4. The van der Waals surface area contributed by atoms with Crippen LogP contribution >= 0.6 is 0 Å². The molecule has 0 saturated heterocycles. The summed E-state index contributed by atoms with van der Waals surface area (Å²) in [4.78, 5) is 24.3. The molecule has 3 atom stereocenters. The van der Waals surface area contributed by atoms with Crippen LogP contribution < -0.4 is 10.6 Å². The first-order valence-electron chi connectivity index (χ1n) is 10.2. The SMILES string of the molecule is CC(C)(C)OC(=O)NC1CC[C@@H](NC(=O)OCc2ccccc2)[C@@H](COS(C)(=O)=O)C1. The van der Waals surface area contributed by atoms with Crippen molar-refractivity contribution in [3.63, 3.8) is 0 Å². The fraction of sp³-hybridized carbons (Fsp3) is 0.619. The lowest BCUT2D eigenvalue weighted by molar-refractivity contribution is 0.0462. The lowest BCUT2D eigenvalue weighted by atomic mass is 9.82. The van der Waals surface area contributed by atoms with Gasteiger partial charge in [-0.3, -0.25) is 4.18 Å². The number of alkyl carbamates (subject to hydrolysis) is 2. The Morgan fingerprint density at radius 1 is 1.06 bits per heavy atom. The van der Waals surface area contributed by atoms with Crippen LogP contribution in [-0.4, -0.2) is 51.2 Å². The highest BCUT2D eigenvalue weighted by Gasteiger charge is 2.34. The van der Waals surface area contributed by atoms with Crippen LogP contribution in [0, 0.1) is 5.92 Å². The molecule has 0 aromatic heterocycles. The molecule has 1 aliphatic carbocycles. The summed E-state index contributed by atoms with van der Waals surface area (Å²) in [5.41, 5.74) is 0.240. The van der Waals surface area contributed by atoms with Gasteiger partial charge in [-0.05, 0) is 45.6 Å². The van der Waals surface area contributed by atoms with Gasteiger partial charge in [-0.25, -0.2) is 9.59 Å². The normalized spacial score (nSPS) is 21.7. The average molecular weight is 457 g/mol. The molecule has 1 aromatic rings. The van der Waals surface area contributed by atoms with Gasteiger partial charge in [-0.1, -0.05) is 30.3 Å². The Morgan fingerprint density at radius 2 is 1.74 bits per heavy atom. The van der Waals surface area contributed by atoms with E-state index in [-0.39, 0.29) is 31.2 Å². The minimum Gasteiger partial charge on any atom is -0.445 e. The molecule has 0 radical (unpaired) electrons. The molecule has 10 heteroatoms. The molecule has 1 aromatic carbocycles. The van der Waals surface area contributed by atoms with E-state index in [1.165, 1.54) is 0 Å². The maximum atomic E-state index is 12.3. The van der Waals surface area contributed by atoms with E-state index >= 15 is 0 Å². The van der Waals surface area contributed by atoms with Gasteiger partial charge < -0.3 is 20.1 Å². The van der Waals surface area contributed by atoms with Gasteiger partial charge in [0.1, 0.15) is 12.2 Å². The van der Waals surface area contributed by atoms with Crippen LogP contribution in [0.2, 0.25) is 0 Å². The highest BCUT2D eigenvalue weighted by molar-refractivity contribution is 7.85. The van der Waals surface area contributed by atoms with E-state index in [1.807, 2.05) is 30.3 Å². The van der Waals surface area contributed by atoms with Gasteiger partial charge in [0, 0.05) is 18.0 Å². The number of carbonyl (C=O) groups excluding carboxylic acids is 2. The molecule has 0 spiro atoms. The van der Waals surface area contributed by atoms with Crippen LogP contribution in [0.4, 0.5) is 9.59 Å². The standard InChI is InChI=1S/C21H32N2O7S/c1-21(2,3)30-20(25)22-17-10-11-18(16(12-17)14-29-31(4,26)27)23-19(24)28-13-15-8-6-5-7-9-15/h5-9,16-18H,10-14H2,1-4H3,(H,22,25)(H,23,24)/t16-,17?,18-/m1/s1. The molecule has 9 nitrogen and oxygen atoms in total. The zero-order valence-corrected chi connectivity index (χ0v) is 19.2. The van der Waals surface area contributed by atoms with E-state index in [1.54, 1.807) is 20.8 Å². The highest BCUT2D eigenvalue weighted by atomic mass is 32.2. The third-order valence-corrected chi connectivity index (χ3v) is 5.28. The number of hydrogen-bond acceptors (Lipinski definition) is 7. The smallest absolute Gasteiger partial charge is 0.407 e. The molecule has 0 bridgehead atoms. The van der Waals surface area contributed by atoms with Gasteiger partial charge in [-0.15, -0.1) is 0 Å². The van der Waals surface area contributed by atoms with Crippen molar-refractivity contribution in [1.82, 2.24) is 10.6 Å².